The van der Waals surface area contributed by atoms with Gasteiger partial charge >= 0.3 is 0 Å². The van der Waals surface area contributed by atoms with E-state index in [1.54, 1.807) is 7.11 Å². The third kappa shape index (κ3) is 5.43. The van der Waals surface area contributed by atoms with Crippen LogP contribution in [0.3, 0.4) is 0 Å². The molecule has 18 heavy (non-hydrogen) atoms. The molecule has 1 aromatic rings. The average molecular weight is 383 g/mol. The average Bonchev–Trinajstić information content (AvgIpc) is 2.34. The first-order valence-corrected chi connectivity index (χ1v) is 7.87. The second kappa shape index (κ2) is 7.68. The number of ether oxygens (including phenoxy) is 2. The zero-order valence-corrected chi connectivity index (χ0v) is 14.0. The summed E-state index contributed by atoms with van der Waals surface area (Å²) >= 11 is 8.33. The molecule has 0 aliphatic heterocycles. The lowest BCUT2D eigenvalue weighted by Gasteiger charge is -2.24. The Morgan fingerprint density at radius 2 is 2.11 bits per heavy atom. The predicted molar refractivity (Wildman–Crippen MR) is 84.7 cm³/mol. The van der Waals surface area contributed by atoms with Gasteiger partial charge in [-0.15, -0.1) is 0 Å². The van der Waals surface area contributed by atoms with Gasteiger partial charge in [-0.25, -0.2) is 0 Å². The summed E-state index contributed by atoms with van der Waals surface area (Å²) < 4.78 is 12.2. The molecule has 1 unspecified atom stereocenters. The Morgan fingerprint density at radius 1 is 1.39 bits per heavy atom. The van der Waals surface area contributed by atoms with E-state index < -0.39 is 0 Å². The third-order valence-electron chi connectivity index (χ3n) is 2.94. The molecule has 0 aliphatic carbocycles. The summed E-state index contributed by atoms with van der Waals surface area (Å²) in [6.07, 6.45) is 0.967. The van der Waals surface area contributed by atoms with E-state index in [9.17, 15) is 0 Å². The van der Waals surface area contributed by atoms with Crippen LogP contribution in [0.1, 0.15) is 31.9 Å². The van der Waals surface area contributed by atoms with Crippen LogP contribution in [0.4, 0.5) is 0 Å². The topological polar surface area (TPSA) is 18.5 Å². The second-order valence-electron chi connectivity index (χ2n) is 4.78. The van der Waals surface area contributed by atoms with Crippen molar-refractivity contribution in [2.24, 2.45) is 0 Å². The van der Waals surface area contributed by atoms with E-state index in [1.165, 1.54) is 0 Å². The van der Waals surface area contributed by atoms with Gasteiger partial charge in [0, 0.05) is 16.6 Å². The molecule has 1 atom stereocenters. The van der Waals surface area contributed by atoms with Crippen LogP contribution in [0.15, 0.2) is 24.3 Å². The van der Waals surface area contributed by atoms with Crippen molar-refractivity contribution in [1.82, 2.24) is 0 Å². The summed E-state index contributed by atoms with van der Waals surface area (Å²) in [4.78, 5) is 0. The van der Waals surface area contributed by atoms with Gasteiger partial charge in [-0.2, -0.15) is 0 Å². The number of rotatable bonds is 7. The highest BCUT2D eigenvalue weighted by atomic mass is 127. The largest absolute Gasteiger partial charge is 0.379 e. The van der Waals surface area contributed by atoms with E-state index in [0.29, 0.717) is 6.61 Å². The van der Waals surface area contributed by atoms with Gasteiger partial charge < -0.3 is 9.47 Å². The Bertz CT molecular complexity index is 369. The van der Waals surface area contributed by atoms with E-state index in [0.717, 1.165) is 21.4 Å². The summed E-state index contributed by atoms with van der Waals surface area (Å²) in [6, 6.07) is 7.85. The quantitative estimate of drug-likeness (QED) is 0.505. The molecule has 0 radical (unpaired) electrons. The van der Waals surface area contributed by atoms with Crippen molar-refractivity contribution in [1.29, 1.82) is 0 Å². The molecule has 0 N–H and O–H groups in total. The lowest BCUT2D eigenvalue weighted by molar-refractivity contribution is -0.0225. The molecule has 0 saturated heterocycles. The number of benzene rings is 1. The van der Waals surface area contributed by atoms with Crippen LogP contribution >= 0.6 is 34.2 Å². The first-order chi connectivity index (χ1) is 8.48. The predicted octanol–water partition coefficient (Wildman–Crippen LogP) is 4.65. The fourth-order valence-corrected chi connectivity index (χ4v) is 2.45. The van der Waals surface area contributed by atoms with Gasteiger partial charge in [0.25, 0.3) is 0 Å². The zero-order valence-electron chi connectivity index (χ0n) is 11.1. The number of halogens is 2. The zero-order chi connectivity index (χ0) is 13.6. The van der Waals surface area contributed by atoms with Crippen molar-refractivity contribution < 1.29 is 9.47 Å². The maximum absolute atomic E-state index is 6.00. The fraction of sp³-hybridized carbons (Fsp3) is 0.571. The van der Waals surface area contributed by atoms with Gasteiger partial charge in [0.05, 0.1) is 18.3 Å². The van der Waals surface area contributed by atoms with Gasteiger partial charge in [0.1, 0.15) is 0 Å². The molecule has 0 aliphatic rings. The minimum absolute atomic E-state index is 0.0944. The molecular weight excluding hydrogens is 363 g/mol. The van der Waals surface area contributed by atoms with Crippen LogP contribution in [0.2, 0.25) is 5.02 Å². The summed E-state index contributed by atoms with van der Waals surface area (Å²) in [6.45, 7) is 4.81. The SMILES string of the molecule is COC(C)(C)CCOC(CI)c1cccc(Cl)c1. The first-order valence-electron chi connectivity index (χ1n) is 5.96. The van der Waals surface area contributed by atoms with E-state index in [-0.39, 0.29) is 11.7 Å². The van der Waals surface area contributed by atoms with Crippen LogP contribution in [0.5, 0.6) is 0 Å². The van der Waals surface area contributed by atoms with Gasteiger partial charge in [-0.1, -0.05) is 46.3 Å². The van der Waals surface area contributed by atoms with Crippen molar-refractivity contribution in [3.05, 3.63) is 34.9 Å². The third-order valence-corrected chi connectivity index (χ3v) is 3.97. The van der Waals surface area contributed by atoms with Crippen molar-refractivity contribution in [2.45, 2.75) is 32.0 Å². The minimum Gasteiger partial charge on any atom is -0.379 e. The summed E-state index contributed by atoms with van der Waals surface area (Å²) in [5.74, 6) is 0. The minimum atomic E-state index is -0.135. The maximum atomic E-state index is 6.00. The van der Waals surface area contributed by atoms with Crippen LogP contribution in [-0.4, -0.2) is 23.7 Å². The van der Waals surface area contributed by atoms with Crippen molar-refractivity contribution in [2.75, 3.05) is 18.1 Å². The van der Waals surface area contributed by atoms with Gasteiger partial charge in [0.2, 0.25) is 0 Å². The summed E-state index contributed by atoms with van der Waals surface area (Å²) in [5.41, 5.74) is 0.997. The molecule has 0 bridgehead atoms. The van der Waals surface area contributed by atoms with E-state index in [4.69, 9.17) is 21.1 Å². The normalized spacial score (nSPS) is 13.6. The Morgan fingerprint density at radius 3 is 2.67 bits per heavy atom. The fourth-order valence-electron chi connectivity index (χ4n) is 1.49. The molecule has 102 valence electrons. The molecule has 1 aromatic carbocycles. The van der Waals surface area contributed by atoms with Crippen LogP contribution in [0.25, 0.3) is 0 Å². The standard InChI is InChI=1S/C14H20ClIO2/c1-14(2,17-3)7-8-18-13(10-16)11-5-4-6-12(15)9-11/h4-6,9,13H,7-8,10H2,1-3H3. The highest BCUT2D eigenvalue weighted by Crippen LogP contribution is 2.24. The maximum Gasteiger partial charge on any atom is 0.0914 e. The Hall–Kier alpha value is 0.160. The van der Waals surface area contributed by atoms with E-state index in [1.807, 2.05) is 18.2 Å². The van der Waals surface area contributed by atoms with Gasteiger partial charge in [-0.3, -0.25) is 0 Å². The van der Waals surface area contributed by atoms with Crippen molar-refractivity contribution in [3.63, 3.8) is 0 Å². The molecule has 0 heterocycles. The highest BCUT2D eigenvalue weighted by molar-refractivity contribution is 14.1. The van der Waals surface area contributed by atoms with E-state index >= 15 is 0 Å². The monoisotopic (exact) mass is 382 g/mol. The molecule has 0 aromatic heterocycles. The van der Waals surface area contributed by atoms with Crippen molar-refractivity contribution >= 4 is 34.2 Å². The molecule has 1 rings (SSSR count). The highest BCUT2D eigenvalue weighted by Gasteiger charge is 2.18. The van der Waals surface area contributed by atoms with Gasteiger partial charge in [0.15, 0.2) is 0 Å². The smallest absolute Gasteiger partial charge is 0.0914 e. The first kappa shape index (κ1) is 16.2. The molecular formula is C14H20ClIO2. The second-order valence-corrected chi connectivity index (χ2v) is 6.10. The van der Waals surface area contributed by atoms with Gasteiger partial charge in [-0.05, 0) is 38.0 Å². The van der Waals surface area contributed by atoms with Crippen LogP contribution < -0.4 is 0 Å². The number of methoxy groups -OCH3 is 1. The summed E-state index contributed by atoms with van der Waals surface area (Å²) in [7, 11) is 1.73. The van der Waals surface area contributed by atoms with Crippen LogP contribution in [-0.2, 0) is 9.47 Å². The molecule has 0 spiro atoms. The lowest BCUT2D eigenvalue weighted by Crippen LogP contribution is -2.25. The van der Waals surface area contributed by atoms with Crippen LogP contribution in [0, 0.1) is 0 Å². The lowest BCUT2D eigenvalue weighted by atomic mass is 10.1. The molecule has 0 amide bonds. The summed E-state index contributed by atoms with van der Waals surface area (Å²) in [5, 5.41) is 0.753. The Balaban J connectivity index is 2.53. The molecule has 4 heteroatoms. The van der Waals surface area contributed by atoms with Crippen molar-refractivity contribution in [3.8, 4) is 0 Å². The molecule has 0 saturated carbocycles. The Kier molecular flexibility index (Phi) is 6.92. The molecule has 0 fully saturated rings. The molecule has 2 nitrogen and oxygen atoms in total. The number of hydrogen-bond acceptors (Lipinski definition) is 2. The number of alkyl halides is 1. The number of hydrogen-bond donors (Lipinski definition) is 0. The van der Waals surface area contributed by atoms with E-state index in [2.05, 4.69) is 42.5 Å². The Labute approximate surface area is 128 Å².